The van der Waals surface area contributed by atoms with Crippen molar-refractivity contribution >= 4 is 19.8 Å². The van der Waals surface area contributed by atoms with E-state index in [1.807, 2.05) is 0 Å². The second kappa shape index (κ2) is 7.02. The molecule has 0 bridgehead atoms. The fourth-order valence-corrected chi connectivity index (χ4v) is 7.56. The first-order chi connectivity index (χ1) is 12.4. The molecule has 27 heavy (non-hydrogen) atoms. The summed E-state index contributed by atoms with van der Waals surface area (Å²) in [6, 6.07) is 0. The van der Waals surface area contributed by atoms with Crippen LogP contribution in [0.5, 0.6) is 0 Å². The lowest BCUT2D eigenvalue weighted by Gasteiger charge is -2.39. The van der Waals surface area contributed by atoms with E-state index < -0.39 is 14.2 Å². The van der Waals surface area contributed by atoms with Crippen molar-refractivity contribution in [3.8, 4) is 0 Å². The Hall–Kier alpha value is -1.16. The molecule has 0 aromatic heterocycles. The van der Waals surface area contributed by atoms with Gasteiger partial charge in [0.25, 0.3) is 0 Å². The second-order valence-corrected chi connectivity index (χ2v) is 15.8. The maximum absolute atomic E-state index is 13.3. The third kappa shape index (κ3) is 3.87. The Labute approximate surface area is 165 Å². The molecule has 3 rings (SSSR count). The van der Waals surface area contributed by atoms with Gasteiger partial charge in [-0.25, -0.2) is 0 Å². The molecule has 0 aromatic carbocycles. The van der Waals surface area contributed by atoms with E-state index in [9.17, 15) is 9.59 Å². The van der Waals surface area contributed by atoms with E-state index in [2.05, 4.69) is 40.4 Å². The van der Waals surface area contributed by atoms with Gasteiger partial charge in [-0.1, -0.05) is 46.0 Å². The Bertz CT molecular complexity index is 715. The number of ether oxygens (including phenoxy) is 1. The van der Waals surface area contributed by atoms with Crippen molar-refractivity contribution in [2.24, 2.45) is 17.3 Å². The third-order valence-electron chi connectivity index (χ3n) is 6.78. The average molecular weight is 389 g/mol. The molecule has 0 heterocycles. The van der Waals surface area contributed by atoms with Gasteiger partial charge in [-0.2, -0.15) is 0 Å². The number of carbonyl (C=O) groups is 2. The molecule has 0 aromatic rings. The maximum Gasteiger partial charge on any atom is 0.303 e. The predicted octanol–water partition coefficient (Wildman–Crippen LogP) is 5.62. The summed E-state index contributed by atoms with van der Waals surface area (Å²) in [6.45, 7) is 15.2. The summed E-state index contributed by atoms with van der Waals surface area (Å²) in [5, 5.41) is 1.04. The lowest BCUT2D eigenvalue weighted by Crippen LogP contribution is -2.34. The van der Waals surface area contributed by atoms with Gasteiger partial charge in [-0.15, -0.1) is 0 Å². The molecular weight excluding hydrogens is 352 g/mol. The van der Waals surface area contributed by atoms with E-state index in [0.717, 1.165) is 35.9 Å². The Morgan fingerprint density at radius 2 is 1.78 bits per heavy atom. The van der Waals surface area contributed by atoms with Crippen LogP contribution in [0, 0.1) is 17.3 Å². The Balaban J connectivity index is 2.10. The topological polar surface area (TPSA) is 43.4 Å². The summed E-state index contributed by atoms with van der Waals surface area (Å²) in [4.78, 5) is 25.1. The van der Waals surface area contributed by atoms with Gasteiger partial charge in [0.1, 0.15) is 0 Å². The molecule has 0 saturated heterocycles. The summed E-state index contributed by atoms with van der Waals surface area (Å²) in [5.74, 6) is 1.00. The fraction of sp³-hybridized carbons (Fsp3) is 0.739. The molecular formula is C23H36O3Si. The Morgan fingerprint density at radius 1 is 1.11 bits per heavy atom. The number of carbonyl (C=O) groups excluding carboxylic acids is 2. The van der Waals surface area contributed by atoms with Crippen LogP contribution in [-0.2, 0) is 14.3 Å². The van der Waals surface area contributed by atoms with Crippen molar-refractivity contribution in [2.75, 3.05) is 0 Å². The zero-order chi connectivity index (χ0) is 20.1. The molecule has 4 heteroatoms. The van der Waals surface area contributed by atoms with E-state index in [1.54, 1.807) is 0 Å². The normalized spacial score (nSPS) is 29.4. The molecule has 1 fully saturated rings. The number of hydrogen-bond acceptors (Lipinski definition) is 3. The highest BCUT2D eigenvalue weighted by molar-refractivity contribution is 6.88. The van der Waals surface area contributed by atoms with E-state index in [1.165, 1.54) is 37.3 Å². The summed E-state index contributed by atoms with van der Waals surface area (Å²) < 4.78 is 5.65. The lowest BCUT2D eigenvalue weighted by atomic mass is 9.66. The molecule has 0 spiro atoms. The van der Waals surface area contributed by atoms with Gasteiger partial charge < -0.3 is 4.74 Å². The van der Waals surface area contributed by atoms with Crippen LogP contribution < -0.4 is 0 Å². The lowest BCUT2D eigenvalue weighted by molar-refractivity contribution is -0.148. The minimum atomic E-state index is -1.81. The number of allylic oxidation sites excluding steroid dienone is 1. The quantitative estimate of drug-likeness (QED) is 0.455. The SMILES string of the molecule is CC(=O)OC1C(=O)C([Si](C)(C)C)=C2CCC[C@H]3C[C@@H](C(C)(C)C)CCC3=C21. The molecule has 3 aliphatic rings. The summed E-state index contributed by atoms with van der Waals surface area (Å²) in [6.07, 6.45) is 6.08. The van der Waals surface area contributed by atoms with Gasteiger partial charge in [0.15, 0.2) is 11.9 Å². The van der Waals surface area contributed by atoms with Crippen molar-refractivity contribution < 1.29 is 14.3 Å². The zero-order valence-electron chi connectivity index (χ0n) is 18.2. The smallest absolute Gasteiger partial charge is 0.303 e. The van der Waals surface area contributed by atoms with E-state index in [-0.39, 0.29) is 11.8 Å². The fourth-order valence-electron chi connectivity index (χ4n) is 5.52. The molecule has 3 aliphatic carbocycles. The molecule has 1 unspecified atom stereocenters. The monoisotopic (exact) mass is 388 g/mol. The van der Waals surface area contributed by atoms with Crippen LogP contribution in [0.3, 0.4) is 0 Å². The molecule has 3 nitrogen and oxygen atoms in total. The first-order valence-electron chi connectivity index (χ1n) is 10.6. The number of Topliss-reactive ketones (excluding diaryl/α,β-unsaturated/α-hetero) is 1. The summed E-state index contributed by atoms with van der Waals surface area (Å²) in [5.41, 5.74) is 4.15. The van der Waals surface area contributed by atoms with Crippen LogP contribution in [0.25, 0.3) is 0 Å². The number of fused-ring (bicyclic) bond motifs is 2. The number of rotatable bonds is 2. The van der Waals surface area contributed by atoms with Crippen LogP contribution >= 0.6 is 0 Å². The van der Waals surface area contributed by atoms with Crippen LogP contribution in [0.1, 0.15) is 66.2 Å². The zero-order valence-corrected chi connectivity index (χ0v) is 19.2. The van der Waals surface area contributed by atoms with Crippen LogP contribution in [0.4, 0.5) is 0 Å². The minimum absolute atomic E-state index is 0.0838. The standard InChI is InChI=1S/C23H36O3Si/c1-14(24)26-21-19-17-12-11-16(23(2,3)4)13-15(17)9-8-10-18(19)22(20(21)25)27(5,6)7/h15-16,21H,8-13H2,1-7H3/t15-,16-,21?/m0/s1. The molecule has 1 saturated carbocycles. The minimum Gasteiger partial charge on any atom is -0.449 e. The van der Waals surface area contributed by atoms with Gasteiger partial charge in [0.2, 0.25) is 0 Å². The van der Waals surface area contributed by atoms with Gasteiger partial charge in [-0.3, -0.25) is 9.59 Å². The molecule has 0 aliphatic heterocycles. The molecule has 0 N–H and O–H groups in total. The second-order valence-electron chi connectivity index (χ2n) is 10.8. The van der Waals surface area contributed by atoms with Crippen molar-refractivity contribution in [1.82, 2.24) is 0 Å². The summed E-state index contributed by atoms with van der Waals surface area (Å²) in [7, 11) is -1.81. The van der Waals surface area contributed by atoms with Crippen molar-refractivity contribution in [3.05, 3.63) is 21.9 Å². The van der Waals surface area contributed by atoms with Crippen LogP contribution in [-0.4, -0.2) is 25.9 Å². The highest BCUT2D eigenvalue weighted by Gasteiger charge is 2.48. The van der Waals surface area contributed by atoms with Crippen LogP contribution in [0.15, 0.2) is 21.9 Å². The molecule has 150 valence electrons. The maximum atomic E-state index is 13.3. The van der Waals surface area contributed by atoms with Crippen LogP contribution in [0.2, 0.25) is 19.6 Å². The first-order valence-corrected chi connectivity index (χ1v) is 14.1. The average Bonchev–Trinajstić information content (AvgIpc) is 2.68. The number of hydrogen-bond donors (Lipinski definition) is 0. The van der Waals surface area contributed by atoms with Gasteiger partial charge in [0.05, 0.1) is 8.07 Å². The largest absolute Gasteiger partial charge is 0.449 e. The van der Waals surface area contributed by atoms with Gasteiger partial charge in [0, 0.05) is 12.5 Å². The summed E-state index contributed by atoms with van der Waals surface area (Å²) >= 11 is 0. The Kier molecular flexibility index (Phi) is 5.35. The highest BCUT2D eigenvalue weighted by Crippen LogP contribution is 2.51. The van der Waals surface area contributed by atoms with Gasteiger partial charge in [-0.05, 0) is 66.5 Å². The molecule has 0 radical (unpaired) electrons. The van der Waals surface area contributed by atoms with Gasteiger partial charge >= 0.3 is 5.97 Å². The van der Waals surface area contributed by atoms with E-state index >= 15 is 0 Å². The molecule has 0 amide bonds. The number of esters is 1. The van der Waals surface area contributed by atoms with Crippen molar-refractivity contribution in [1.29, 1.82) is 0 Å². The number of ketones is 1. The van der Waals surface area contributed by atoms with Crippen molar-refractivity contribution in [2.45, 2.75) is 92.0 Å². The Morgan fingerprint density at radius 3 is 2.33 bits per heavy atom. The first kappa shape index (κ1) is 20.6. The van der Waals surface area contributed by atoms with E-state index in [4.69, 9.17) is 4.74 Å². The van der Waals surface area contributed by atoms with Crippen molar-refractivity contribution in [3.63, 3.8) is 0 Å². The third-order valence-corrected chi connectivity index (χ3v) is 8.83. The molecule has 3 atom stereocenters. The van der Waals surface area contributed by atoms with E-state index in [0.29, 0.717) is 11.3 Å². The predicted molar refractivity (Wildman–Crippen MR) is 112 cm³/mol. The highest BCUT2D eigenvalue weighted by atomic mass is 28.3.